The lowest BCUT2D eigenvalue weighted by Gasteiger charge is -2.22. The van der Waals surface area contributed by atoms with E-state index in [0.717, 1.165) is 6.42 Å². The Kier molecular flexibility index (Phi) is 8.12. The SMILES string of the molecule is CCOC(CCOCCC(C)(C)OC)C(=O)O. The van der Waals surface area contributed by atoms with Gasteiger partial charge in [-0.15, -0.1) is 0 Å². The number of carbonyl (C=O) groups is 1. The molecule has 0 radical (unpaired) electrons. The molecule has 0 aliphatic carbocycles. The maximum atomic E-state index is 10.8. The van der Waals surface area contributed by atoms with E-state index in [2.05, 4.69) is 0 Å². The van der Waals surface area contributed by atoms with Gasteiger partial charge in [0.25, 0.3) is 0 Å². The normalized spacial score (nSPS) is 13.6. The number of carboxylic acids is 1. The third kappa shape index (κ3) is 8.12. The van der Waals surface area contributed by atoms with Crippen LogP contribution < -0.4 is 0 Å². The van der Waals surface area contributed by atoms with Crippen molar-refractivity contribution in [3.8, 4) is 0 Å². The molecule has 5 heteroatoms. The number of rotatable bonds is 10. The average Bonchev–Trinajstić information content (AvgIpc) is 2.27. The van der Waals surface area contributed by atoms with Crippen molar-refractivity contribution in [2.24, 2.45) is 0 Å². The molecular formula is C12H24O5. The summed E-state index contributed by atoms with van der Waals surface area (Å²) in [5.41, 5.74) is -0.202. The van der Waals surface area contributed by atoms with Crippen LogP contribution in [-0.4, -0.2) is 49.7 Å². The largest absolute Gasteiger partial charge is 0.479 e. The topological polar surface area (TPSA) is 65.0 Å². The van der Waals surface area contributed by atoms with Gasteiger partial charge in [-0.2, -0.15) is 0 Å². The summed E-state index contributed by atoms with van der Waals surface area (Å²) in [6.07, 6.45) is 0.377. The number of hydrogen-bond donors (Lipinski definition) is 1. The fourth-order valence-electron chi connectivity index (χ4n) is 1.19. The molecule has 0 heterocycles. The maximum Gasteiger partial charge on any atom is 0.332 e. The third-order valence-electron chi connectivity index (χ3n) is 2.57. The van der Waals surface area contributed by atoms with Gasteiger partial charge in [0.1, 0.15) is 0 Å². The van der Waals surface area contributed by atoms with Crippen molar-refractivity contribution in [2.75, 3.05) is 26.9 Å². The smallest absolute Gasteiger partial charge is 0.332 e. The van der Waals surface area contributed by atoms with Crippen molar-refractivity contribution in [3.05, 3.63) is 0 Å². The van der Waals surface area contributed by atoms with E-state index < -0.39 is 12.1 Å². The first-order valence-electron chi connectivity index (χ1n) is 5.90. The quantitative estimate of drug-likeness (QED) is 0.596. The molecule has 1 atom stereocenters. The fraction of sp³-hybridized carbons (Fsp3) is 0.917. The molecule has 1 N–H and O–H groups in total. The lowest BCUT2D eigenvalue weighted by atomic mass is 10.1. The predicted octanol–water partition coefficient (Wildman–Crippen LogP) is 1.70. The van der Waals surface area contributed by atoms with Crippen molar-refractivity contribution in [3.63, 3.8) is 0 Å². The van der Waals surface area contributed by atoms with Crippen molar-refractivity contribution in [1.82, 2.24) is 0 Å². The molecule has 5 nitrogen and oxygen atoms in total. The molecule has 0 bridgehead atoms. The summed E-state index contributed by atoms with van der Waals surface area (Å²) in [6, 6.07) is 0. The molecule has 0 saturated carbocycles. The van der Waals surface area contributed by atoms with Gasteiger partial charge in [-0.05, 0) is 27.2 Å². The van der Waals surface area contributed by atoms with Gasteiger partial charge in [-0.1, -0.05) is 0 Å². The average molecular weight is 248 g/mol. The standard InChI is InChI=1S/C12H24O5/c1-5-17-10(11(13)14)6-8-16-9-7-12(2,3)15-4/h10H,5-9H2,1-4H3,(H,13,14). The van der Waals surface area contributed by atoms with Gasteiger partial charge in [0, 0.05) is 33.4 Å². The van der Waals surface area contributed by atoms with Crippen LogP contribution in [0.3, 0.4) is 0 Å². The highest BCUT2D eigenvalue weighted by atomic mass is 16.5. The van der Waals surface area contributed by atoms with Gasteiger partial charge in [0.2, 0.25) is 0 Å². The zero-order chi connectivity index (χ0) is 13.3. The van der Waals surface area contributed by atoms with Crippen LogP contribution in [0.15, 0.2) is 0 Å². The number of ether oxygens (including phenoxy) is 3. The van der Waals surface area contributed by atoms with Gasteiger partial charge in [0.15, 0.2) is 6.10 Å². The molecule has 0 aromatic carbocycles. The van der Waals surface area contributed by atoms with Crippen LogP contribution in [0.1, 0.15) is 33.6 Å². The van der Waals surface area contributed by atoms with E-state index in [1.165, 1.54) is 0 Å². The minimum Gasteiger partial charge on any atom is -0.479 e. The summed E-state index contributed by atoms with van der Waals surface area (Å²) in [5, 5.41) is 8.83. The van der Waals surface area contributed by atoms with E-state index in [9.17, 15) is 4.79 Å². The van der Waals surface area contributed by atoms with E-state index in [4.69, 9.17) is 19.3 Å². The van der Waals surface area contributed by atoms with Crippen LogP contribution in [0, 0.1) is 0 Å². The first kappa shape index (κ1) is 16.4. The van der Waals surface area contributed by atoms with Crippen LogP contribution in [0.5, 0.6) is 0 Å². The van der Waals surface area contributed by atoms with Crippen LogP contribution in [0.2, 0.25) is 0 Å². The summed E-state index contributed by atoms with van der Waals surface area (Å²) in [4.78, 5) is 10.8. The van der Waals surface area contributed by atoms with Gasteiger partial charge in [0.05, 0.1) is 5.60 Å². The Balaban J connectivity index is 3.65. The highest BCUT2D eigenvalue weighted by Crippen LogP contribution is 2.12. The minimum absolute atomic E-state index is 0.202. The third-order valence-corrected chi connectivity index (χ3v) is 2.57. The van der Waals surface area contributed by atoms with Crippen LogP contribution in [0.25, 0.3) is 0 Å². The molecule has 0 fully saturated rings. The van der Waals surface area contributed by atoms with Crippen LogP contribution >= 0.6 is 0 Å². The van der Waals surface area contributed by atoms with Crippen molar-refractivity contribution in [2.45, 2.75) is 45.3 Å². The summed E-state index contributed by atoms with van der Waals surface area (Å²) < 4.78 is 15.7. The van der Waals surface area contributed by atoms with E-state index in [0.29, 0.717) is 26.2 Å². The number of hydrogen-bond acceptors (Lipinski definition) is 4. The van der Waals surface area contributed by atoms with Crippen LogP contribution in [0.4, 0.5) is 0 Å². The second-order valence-corrected chi connectivity index (χ2v) is 4.40. The maximum absolute atomic E-state index is 10.8. The molecule has 0 aliphatic heterocycles. The molecule has 17 heavy (non-hydrogen) atoms. The molecule has 1 unspecified atom stereocenters. The first-order valence-corrected chi connectivity index (χ1v) is 5.90. The van der Waals surface area contributed by atoms with E-state index in [-0.39, 0.29) is 5.60 Å². The molecule has 0 saturated heterocycles. The molecule has 0 spiro atoms. The molecule has 0 aromatic heterocycles. The number of methoxy groups -OCH3 is 1. The van der Waals surface area contributed by atoms with Crippen LogP contribution in [-0.2, 0) is 19.0 Å². The van der Waals surface area contributed by atoms with Crippen molar-refractivity contribution < 1.29 is 24.1 Å². The number of aliphatic carboxylic acids is 1. The Labute approximate surface area is 103 Å². The molecule has 0 rings (SSSR count). The summed E-state index contributed by atoms with van der Waals surface area (Å²) >= 11 is 0. The molecule has 0 aliphatic rings. The predicted molar refractivity (Wildman–Crippen MR) is 64.2 cm³/mol. The van der Waals surface area contributed by atoms with Crippen molar-refractivity contribution >= 4 is 5.97 Å². The Bertz CT molecular complexity index is 215. The minimum atomic E-state index is -0.937. The fourth-order valence-corrected chi connectivity index (χ4v) is 1.19. The molecule has 0 aromatic rings. The lowest BCUT2D eigenvalue weighted by Crippen LogP contribution is -2.27. The van der Waals surface area contributed by atoms with Gasteiger partial charge in [-0.25, -0.2) is 4.79 Å². The van der Waals surface area contributed by atoms with Gasteiger partial charge in [-0.3, -0.25) is 0 Å². The Hall–Kier alpha value is -0.650. The zero-order valence-electron chi connectivity index (χ0n) is 11.2. The highest BCUT2D eigenvalue weighted by molar-refractivity contribution is 5.72. The number of carboxylic acid groups (broad SMARTS) is 1. The highest BCUT2D eigenvalue weighted by Gasteiger charge is 2.18. The van der Waals surface area contributed by atoms with Crippen molar-refractivity contribution in [1.29, 1.82) is 0 Å². The summed E-state index contributed by atoms with van der Waals surface area (Å²) in [7, 11) is 1.66. The molecule has 0 amide bonds. The summed E-state index contributed by atoms with van der Waals surface area (Å²) in [5.74, 6) is -0.937. The van der Waals surface area contributed by atoms with E-state index >= 15 is 0 Å². The lowest BCUT2D eigenvalue weighted by molar-refractivity contribution is -0.151. The Morgan fingerprint density at radius 2 is 2.00 bits per heavy atom. The van der Waals surface area contributed by atoms with E-state index in [1.54, 1.807) is 14.0 Å². The first-order chi connectivity index (χ1) is 7.93. The van der Waals surface area contributed by atoms with E-state index in [1.807, 2.05) is 13.8 Å². The Morgan fingerprint density at radius 3 is 2.47 bits per heavy atom. The Morgan fingerprint density at radius 1 is 1.35 bits per heavy atom. The molecule has 102 valence electrons. The monoisotopic (exact) mass is 248 g/mol. The summed E-state index contributed by atoms with van der Waals surface area (Å²) in [6.45, 7) is 7.08. The zero-order valence-corrected chi connectivity index (χ0v) is 11.2. The second kappa shape index (κ2) is 8.44. The van der Waals surface area contributed by atoms with Gasteiger partial charge < -0.3 is 19.3 Å². The second-order valence-electron chi connectivity index (χ2n) is 4.40. The van der Waals surface area contributed by atoms with Gasteiger partial charge >= 0.3 is 5.97 Å². The molecular weight excluding hydrogens is 224 g/mol.